The monoisotopic (exact) mass is 628 g/mol. The van der Waals surface area contributed by atoms with Crippen molar-refractivity contribution in [3.63, 3.8) is 0 Å². The molecule has 0 atom stereocenters. The lowest BCUT2D eigenvalue weighted by atomic mass is 10.1. The van der Waals surface area contributed by atoms with Crippen molar-refractivity contribution >= 4 is 63.2 Å². The predicted molar refractivity (Wildman–Crippen MR) is 128 cm³/mol. The fourth-order valence-corrected chi connectivity index (χ4v) is 3.78. The molecule has 0 heterocycles. The third-order valence-electron chi connectivity index (χ3n) is 4.02. The molecule has 0 saturated heterocycles. The number of halogens is 2. The molecule has 0 aliphatic heterocycles. The lowest BCUT2D eigenvalue weighted by Crippen LogP contribution is -2.12. The highest BCUT2D eigenvalue weighted by atomic mass is 127. The van der Waals surface area contributed by atoms with Crippen LogP contribution < -0.4 is 9.47 Å². The quantitative estimate of drug-likeness (QED) is 0.171. The van der Waals surface area contributed by atoms with Crippen LogP contribution in [0.1, 0.15) is 26.3 Å². The van der Waals surface area contributed by atoms with Crippen LogP contribution in [0.5, 0.6) is 23.0 Å². The molecule has 0 aromatic heterocycles. The van der Waals surface area contributed by atoms with E-state index in [1.807, 2.05) is 45.2 Å². The zero-order valence-corrected chi connectivity index (χ0v) is 19.6. The molecule has 6 nitrogen and oxygen atoms in total. The molecule has 0 aliphatic carbocycles. The van der Waals surface area contributed by atoms with E-state index < -0.39 is 23.4 Å². The maximum Gasteiger partial charge on any atom is 0.344 e. The number of hydrogen-bond donors (Lipinski definition) is 2. The number of rotatable bonds is 5. The molecule has 0 amide bonds. The summed E-state index contributed by atoms with van der Waals surface area (Å²) >= 11 is 3.97. The largest absolute Gasteiger partial charge is 0.504 e. The number of carbonyl (C=O) groups excluding carboxylic acids is 2. The van der Waals surface area contributed by atoms with Gasteiger partial charge in [-0.1, -0.05) is 36.9 Å². The summed E-state index contributed by atoms with van der Waals surface area (Å²) in [6.45, 7) is 3.58. The summed E-state index contributed by atoms with van der Waals surface area (Å²) in [4.78, 5) is 25.0. The summed E-state index contributed by atoms with van der Waals surface area (Å²) in [6.07, 6.45) is 1.19. The van der Waals surface area contributed by atoms with Crippen LogP contribution >= 0.6 is 45.2 Å². The standard InChI is InChI=1S/C22H14I2O6/c1-2-12-19(26)18(29-21(27)13-7-3-5-9-15(13)23)11-17(25)20(12)30-22(28)14-8-4-6-10-16(14)24/h2-11,25-26H,1H2. The van der Waals surface area contributed by atoms with Gasteiger partial charge in [-0.05, 0) is 69.4 Å². The van der Waals surface area contributed by atoms with E-state index in [0.717, 1.165) is 6.07 Å². The molecule has 3 aromatic carbocycles. The second-order valence-electron chi connectivity index (χ2n) is 5.93. The summed E-state index contributed by atoms with van der Waals surface area (Å²) in [5, 5.41) is 20.9. The Hall–Kier alpha value is -2.60. The van der Waals surface area contributed by atoms with Crippen molar-refractivity contribution in [2.75, 3.05) is 0 Å². The Morgan fingerprint density at radius 3 is 1.87 bits per heavy atom. The first-order chi connectivity index (χ1) is 14.3. The minimum absolute atomic E-state index is 0.0835. The predicted octanol–water partition coefficient (Wildman–Crippen LogP) is 5.39. The van der Waals surface area contributed by atoms with E-state index in [9.17, 15) is 19.8 Å². The van der Waals surface area contributed by atoms with Crippen LogP contribution in [0.2, 0.25) is 0 Å². The van der Waals surface area contributed by atoms with Gasteiger partial charge in [-0.3, -0.25) is 0 Å². The Morgan fingerprint density at radius 1 is 0.867 bits per heavy atom. The third kappa shape index (κ3) is 4.59. The van der Waals surface area contributed by atoms with Crippen molar-refractivity contribution in [1.82, 2.24) is 0 Å². The fourth-order valence-electron chi connectivity index (χ4n) is 2.57. The highest BCUT2D eigenvalue weighted by molar-refractivity contribution is 14.1. The Morgan fingerprint density at radius 2 is 1.37 bits per heavy atom. The minimum Gasteiger partial charge on any atom is -0.504 e. The number of phenolic OH excluding ortho intramolecular Hbond substituents is 2. The maximum atomic E-state index is 12.5. The molecule has 2 N–H and O–H groups in total. The normalized spacial score (nSPS) is 10.3. The molecule has 0 spiro atoms. The first-order valence-electron chi connectivity index (χ1n) is 8.48. The van der Waals surface area contributed by atoms with Crippen molar-refractivity contribution in [3.8, 4) is 23.0 Å². The highest BCUT2D eigenvalue weighted by Crippen LogP contribution is 2.44. The van der Waals surface area contributed by atoms with Crippen molar-refractivity contribution < 1.29 is 29.3 Å². The summed E-state index contributed by atoms with van der Waals surface area (Å²) < 4.78 is 11.9. The first kappa shape index (κ1) is 22.1. The van der Waals surface area contributed by atoms with Gasteiger partial charge in [0.05, 0.1) is 16.7 Å². The first-order valence-corrected chi connectivity index (χ1v) is 10.6. The number of hydrogen-bond acceptors (Lipinski definition) is 6. The molecular formula is C22H14I2O6. The average molecular weight is 628 g/mol. The Labute approximate surface area is 199 Å². The van der Waals surface area contributed by atoms with Crippen LogP contribution in [0.25, 0.3) is 6.08 Å². The van der Waals surface area contributed by atoms with Crippen LogP contribution in [0, 0.1) is 7.14 Å². The van der Waals surface area contributed by atoms with Gasteiger partial charge < -0.3 is 19.7 Å². The molecule has 0 fully saturated rings. The van der Waals surface area contributed by atoms with Gasteiger partial charge >= 0.3 is 11.9 Å². The van der Waals surface area contributed by atoms with Crippen LogP contribution in [0.15, 0.2) is 61.2 Å². The molecule has 152 valence electrons. The fraction of sp³-hybridized carbons (Fsp3) is 0. The average Bonchev–Trinajstić information content (AvgIpc) is 2.72. The molecule has 30 heavy (non-hydrogen) atoms. The molecule has 0 saturated carbocycles. The second-order valence-corrected chi connectivity index (χ2v) is 8.25. The minimum atomic E-state index is -0.721. The van der Waals surface area contributed by atoms with Crippen LogP contribution in [0.4, 0.5) is 0 Å². The molecule has 3 rings (SSSR count). The molecular weight excluding hydrogens is 614 g/mol. The Bertz CT molecular complexity index is 1160. The summed E-state index contributed by atoms with van der Waals surface area (Å²) in [5.41, 5.74) is 0.507. The topological polar surface area (TPSA) is 93.1 Å². The molecule has 0 bridgehead atoms. The van der Waals surface area contributed by atoms with Gasteiger partial charge in [0.15, 0.2) is 23.0 Å². The molecule has 0 unspecified atom stereocenters. The summed E-state index contributed by atoms with van der Waals surface area (Å²) in [5.74, 6) is -3.00. The van der Waals surface area contributed by atoms with E-state index in [1.165, 1.54) is 6.08 Å². The molecule has 8 heteroatoms. The van der Waals surface area contributed by atoms with Crippen molar-refractivity contribution in [1.29, 1.82) is 0 Å². The van der Waals surface area contributed by atoms with Crippen LogP contribution in [0.3, 0.4) is 0 Å². The zero-order chi connectivity index (χ0) is 21.8. The van der Waals surface area contributed by atoms with E-state index in [2.05, 4.69) is 6.58 Å². The number of ether oxygens (including phenoxy) is 2. The highest BCUT2D eigenvalue weighted by Gasteiger charge is 2.24. The van der Waals surface area contributed by atoms with Gasteiger partial charge in [-0.15, -0.1) is 0 Å². The van der Waals surface area contributed by atoms with Gasteiger partial charge in [0, 0.05) is 13.2 Å². The lowest BCUT2D eigenvalue weighted by Gasteiger charge is -2.15. The SMILES string of the molecule is C=Cc1c(O)c(OC(=O)c2ccccc2I)cc(O)c1OC(=O)c1ccccc1I. The van der Waals surface area contributed by atoms with E-state index >= 15 is 0 Å². The number of phenols is 2. The summed E-state index contributed by atoms with van der Waals surface area (Å²) in [6, 6.07) is 14.5. The molecule has 3 aromatic rings. The molecule has 0 radical (unpaired) electrons. The van der Waals surface area contributed by atoms with Crippen LogP contribution in [-0.4, -0.2) is 22.2 Å². The van der Waals surface area contributed by atoms with Gasteiger partial charge in [0.25, 0.3) is 0 Å². The zero-order valence-electron chi connectivity index (χ0n) is 15.3. The second kappa shape index (κ2) is 9.47. The number of benzene rings is 3. The van der Waals surface area contributed by atoms with Crippen molar-refractivity contribution in [3.05, 3.63) is 85.0 Å². The van der Waals surface area contributed by atoms with Gasteiger partial charge in [-0.25, -0.2) is 9.59 Å². The van der Waals surface area contributed by atoms with E-state index in [4.69, 9.17) is 9.47 Å². The number of esters is 2. The van der Waals surface area contributed by atoms with Gasteiger partial charge in [0.2, 0.25) is 0 Å². The Balaban J connectivity index is 1.94. The van der Waals surface area contributed by atoms with E-state index in [1.54, 1.807) is 48.5 Å². The molecule has 0 aliphatic rings. The number of aromatic hydroxyl groups is 2. The van der Waals surface area contributed by atoms with Crippen LogP contribution in [-0.2, 0) is 0 Å². The third-order valence-corrected chi connectivity index (χ3v) is 5.90. The summed E-state index contributed by atoms with van der Waals surface area (Å²) in [7, 11) is 0. The van der Waals surface area contributed by atoms with Gasteiger partial charge in [0.1, 0.15) is 0 Å². The van der Waals surface area contributed by atoms with E-state index in [0.29, 0.717) is 18.3 Å². The Kier molecular flexibility index (Phi) is 6.98. The number of carbonyl (C=O) groups is 2. The van der Waals surface area contributed by atoms with Crippen molar-refractivity contribution in [2.24, 2.45) is 0 Å². The van der Waals surface area contributed by atoms with Gasteiger partial charge in [-0.2, -0.15) is 0 Å². The van der Waals surface area contributed by atoms with E-state index in [-0.39, 0.29) is 17.1 Å². The maximum absolute atomic E-state index is 12.5. The van der Waals surface area contributed by atoms with Crippen molar-refractivity contribution in [2.45, 2.75) is 0 Å². The smallest absolute Gasteiger partial charge is 0.344 e. The lowest BCUT2D eigenvalue weighted by molar-refractivity contribution is 0.0710.